The lowest BCUT2D eigenvalue weighted by Gasteiger charge is -2.09. The topological polar surface area (TPSA) is 55.4 Å². The van der Waals surface area contributed by atoms with Crippen molar-refractivity contribution in [1.29, 1.82) is 0 Å². The molecule has 130 valence electrons. The molecule has 2 rings (SSSR count). The fraction of sp³-hybridized carbons (Fsp3) is 0.368. The zero-order chi connectivity index (χ0) is 17.3. The van der Waals surface area contributed by atoms with Gasteiger partial charge in [0.25, 0.3) is 0 Å². The van der Waals surface area contributed by atoms with Crippen molar-refractivity contribution in [3.8, 4) is 5.75 Å². The van der Waals surface area contributed by atoms with Crippen LogP contribution in [0.25, 0.3) is 0 Å². The number of aryl methyl sites for hydroxylation is 2. The van der Waals surface area contributed by atoms with Crippen LogP contribution in [0.1, 0.15) is 24.5 Å². The number of rotatable bonds is 10. The Kier molecular flexibility index (Phi) is 7.28. The summed E-state index contributed by atoms with van der Waals surface area (Å²) in [5.74, 6) is 0.892. The number of hydrogen-bond donors (Lipinski definition) is 1. The quantitative estimate of drug-likeness (QED) is 0.672. The Morgan fingerprint density at radius 3 is 2.33 bits per heavy atom. The smallest absolute Gasteiger partial charge is 0.211 e. The van der Waals surface area contributed by atoms with Crippen LogP contribution < -0.4 is 9.46 Å². The van der Waals surface area contributed by atoms with Crippen molar-refractivity contribution >= 4 is 10.0 Å². The Bertz CT molecular complexity index is 697. The number of nitrogens with one attached hydrogen (secondary N) is 1. The van der Waals surface area contributed by atoms with Crippen LogP contribution in [0.4, 0.5) is 0 Å². The first-order chi connectivity index (χ1) is 11.6. The van der Waals surface area contributed by atoms with Crippen LogP contribution >= 0.6 is 0 Å². The monoisotopic (exact) mass is 347 g/mol. The van der Waals surface area contributed by atoms with E-state index in [0.717, 1.165) is 24.2 Å². The molecule has 0 aliphatic rings. The standard InChI is InChI=1S/C19H25NO3S/c1-2-17-10-12-19(13-11-17)23-15-14-20-24(21,22)16-6-9-18-7-4-3-5-8-18/h3-5,7-8,10-13,20H,2,6,9,14-16H2,1H3. The molecule has 0 bridgehead atoms. The first kappa shape index (κ1) is 18.5. The summed E-state index contributed by atoms with van der Waals surface area (Å²) in [7, 11) is -3.25. The summed E-state index contributed by atoms with van der Waals surface area (Å²) in [6.45, 7) is 2.70. The summed E-state index contributed by atoms with van der Waals surface area (Å²) in [6.07, 6.45) is 2.36. The molecule has 0 amide bonds. The zero-order valence-electron chi connectivity index (χ0n) is 14.1. The summed E-state index contributed by atoms with van der Waals surface area (Å²) in [6, 6.07) is 17.8. The van der Waals surface area contributed by atoms with E-state index in [1.54, 1.807) is 0 Å². The Morgan fingerprint density at radius 2 is 1.67 bits per heavy atom. The molecule has 5 heteroatoms. The minimum absolute atomic E-state index is 0.132. The third-order valence-electron chi connectivity index (χ3n) is 3.75. The predicted octanol–water partition coefficient (Wildman–Crippen LogP) is 3.18. The first-order valence-corrected chi connectivity index (χ1v) is 9.97. The van der Waals surface area contributed by atoms with Crippen molar-refractivity contribution in [2.24, 2.45) is 0 Å². The molecule has 4 nitrogen and oxygen atoms in total. The molecule has 0 radical (unpaired) electrons. The molecule has 2 aromatic carbocycles. The van der Waals surface area contributed by atoms with Gasteiger partial charge in [-0.15, -0.1) is 0 Å². The van der Waals surface area contributed by atoms with Gasteiger partial charge < -0.3 is 4.74 Å². The van der Waals surface area contributed by atoms with Gasteiger partial charge in [0, 0.05) is 6.54 Å². The fourth-order valence-corrected chi connectivity index (χ4v) is 3.43. The van der Waals surface area contributed by atoms with Crippen molar-refractivity contribution in [2.45, 2.75) is 26.2 Å². The minimum atomic E-state index is -3.25. The highest BCUT2D eigenvalue weighted by Gasteiger charge is 2.09. The number of ether oxygens (including phenoxy) is 1. The molecule has 0 unspecified atom stereocenters. The second-order valence-corrected chi connectivity index (χ2v) is 7.57. The molecule has 0 spiro atoms. The van der Waals surface area contributed by atoms with Crippen molar-refractivity contribution in [3.63, 3.8) is 0 Å². The van der Waals surface area contributed by atoms with Crippen LogP contribution in [0.15, 0.2) is 54.6 Å². The van der Waals surface area contributed by atoms with E-state index in [1.165, 1.54) is 5.56 Å². The van der Waals surface area contributed by atoms with Gasteiger partial charge in [-0.1, -0.05) is 49.4 Å². The average Bonchev–Trinajstić information content (AvgIpc) is 2.60. The van der Waals surface area contributed by atoms with Gasteiger partial charge in [-0.25, -0.2) is 13.1 Å². The van der Waals surface area contributed by atoms with Crippen LogP contribution in [0.2, 0.25) is 0 Å². The van der Waals surface area contributed by atoms with Gasteiger partial charge in [-0.3, -0.25) is 0 Å². The van der Waals surface area contributed by atoms with Gasteiger partial charge in [-0.2, -0.15) is 0 Å². The van der Waals surface area contributed by atoms with Gasteiger partial charge in [-0.05, 0) is 42.5 Å². The van der Waals surface area contributed by atoms with E-state index in [-0.39, 0.29) is 12.3 Å². The van der Waals surface area contributed by atoms with E-state index < -0.39 is 10.0 Å². The summed E-state index contributed by atoms with van der Waals surface area (Å²) >= 11 is 0. The maximum Gasteiger partial charge on any atom is 0.211 e. The minimum Gasteiger partial charge on any atom is -0.492 e. The number of hydrogen-bond acceptors (Lipinski definition) is 3. The lowest BCUT2D eigenvalue weighted by molar-refractivity contribution is 0.322. The molecule has 0 aromatic heterocycles. The summed E-state index contributed by atoms with van der Waals surface area (Å²) < 4.78 is 32.0. The van der Waals surface area contributed by atoms with Crippen molar-refractivity contribution in [2.75, 3.05) is 18.9 Å². The maximum absolute atomic E-state index is 11.9. The molecular formula is C19H25NO3S. The Hall–Kier alpha value is -1.85. The van der Waals surface area contributed by atoms with Gasteiger partial charge in [0.2, 0.25) is 10.0 Å². The third-order valence-corrected chi connectivity index (χ3v) is 5.22. The van der Waals surface area contributed by atoms with Gasteiger partial charge in [0.1, 0.15) is 12.4 Å². The second kappa shape index (κ2) is 9.45. The van der Waals surface area contributed by atoms with E-state index in [2.05, 4.69) is 11.6 Å². The number of sulfonamides is 1. The molecule has 0 fully saturated rings. The molecular weight excluding hydrogens is 322 g/mol. The summed E-state index contributed by atoms with van der Waals surface area (Å²) in [5, 5.41) is 0. The summed E-state index contributed by atoms with van der Waals surface area (Å²) in [4.78, 5) is 0. The van der Waals surface area contributed by atoms with E-state index in [9.17, 15) is 8.42 Å². The van der Waals surface area contributed by atoms with Crippen LogP contribution in [0, 0.1) is 0 Å². The predicted molar refractivity (Wildman–Crippen MR) is 97.9 cm³/mol. The number of benzene rings is 2. The molecule has 2 aromatic rings. The van der Waals surface area contributed by atoms with E-state index in [0.29, 0.717) is 13.0 Å². The Balaban J connectivity index is 1.64. The molecule has 0 aliphatic carbocycles. The van der Waals surface area contributed by atoms with Gasteiger partial charge in [0.15, 0.2) is 0 Å². The van der Waals surface area contributed by atoms with Crippen molar-refractivity contribution < 1.29 is 13.2 Å². The van der Waals surface area contributed by atoms with Crippen molar-refractivity contribution in [3.05, 3.63) is 65.7 Å². The lowest BCUT2D eigenvalue weighted by Crippen LogP contribution is -2.30. The second-order valence-electron chi connectivity index (χ2n) is 5.65. The summed E-state index contributed by atoms with van der Waals surface area (Å²) in [5.41, 5.74) is 2.41. The first-order valence-electron chi connectivity index (χ1n) is 8.32. The zero-order valence-corrected chi connectivity index (χ0v) is 14.9. The van der Waals surface area contributed by atoms with Gasteiger partial charge >= 0.3 is 0 Å². The lowest BCUT2D eigenvalue weighted by atomic mass is 10.1. The third kappa shape index (κ3) is 6.72. The van der Waals surface area contributed by atoms with Crippen LogP contribution in [-0.2, 0) is 22.9 Å². The molecule has 0 heterocycles. The van der Waals surface area contributed by atoms with Crippen molar-refractivity contribution in [1.82, 2.24) is 4.72 Å². The fourth-order valence-electron chi connectivity index (χ4n) is 2.37. The van der Waals surface area contributed by atoms with Crippen LogP contribution in [-0.4, -0.2) is 27.3 Å². The van der Waals surface area contributed by atoms with Crippen LogP contribution in [0.5, 0.6) is 5.75 Å². The van der Waals surface area contributed by atoms with Gasteiger partial charge in [0.05, 0.1) is 5.75 Å². The normalized spacial score (nSPS) is 11.4. The molecule has 0 atom stereocenters. The largest absolute Gasteiger partial charge is 0.492 e. The Labute approximate surface area is 144 Å². The molecule has 0 saturated carbocycles. The highest BCUT2D eigenvalue weighted by molar-refractivity contribution is 7.89. The van der Waals surface area contributed by atoms with E-state index in [1.807, 2.05) is 54.6 Å². The molecule has 24 heavy (non-hydrogen) atoms. The molecule has 1 N–H and O–H groups in total. The SMILES string of the molecule is CCc1ccc(OCCNS(=O)(=O)CCCc2ccccc2)cc1. The van der Waals surface area contributed by atoms with Crippen LogP contribution in [0.3, 0.4) is 0 Å². The highest BCUT2D eigenvalue weighted by atomic mass is 32.2. The molecule has 0 aliphatic heterocycles. The van der Waals surface area contributed by atoms with E-state index in [4.69, 9.17) is 4.74 Å². The average molecular weight is 347 g/mol. The molecule has 0 saturated heterocycles. The van der Waals surface area contributed by atoms with E-state index >= 15 is 0 Å². The highest BCUT2D eigenvalue weighted by Crippen LogP contribution is 2.12. The Morgan fingerprint density at radius 1 is 0.958 bits per heavy atom. The maximum atomic E-state index is 11.9.